The molecule has 0 aliphatic rings. The molecule has 0 spiro atoms. The van der Waals surface area contributed by atoms with Crippen molar-refractivity contribution in [3.63, 3.8) is 0 Å². The van der Waals surface area contributed by atoms with Crippen molar-refractivity contribution in [3.8, 4) is 0 Å². The number of halogens is 3. The fourth-order valence-corrected chi connectivity index (χ4v) is 1.09. The van der Waals surface area contributed by atoms with E-state index in [9.17, 15) is 22.8 Å². The molecule has 0 aromatic heterocycles. The highest BCUT2D eigenvalue weighted by atomic mass is 19.4. The first-order valence-corrected chi connectivity index (χ1v) is 4.66. The Kier molecular flexibility index (Phi) is 4.94. The van der Waals surface area contributed by atoms with Crippen LogP contribution in [0.4, 0.5) is 13.2 Å². The van der Waals surface area contributed by atoms with Gasteiger partial charge in [-0.15, -0.1) is 0 Å². The smallest absolute Gasteiger partial charge is 0.471 e. The number of hydrogen-bond donors (Lipinski definition) is 1. The molecule has 0 unspecified atom stereocenters. The summed E-state index contributed by atoms with van der Waals surface area (Å²) < 4.78 is 41.4. The van der Waals surface area contributed by atoms with Crippen LogP contribution in [0, 0.1) is 0 Å². The van der Waals surface area contributed by atoms with Crippen LogP contribution in [-0.2, 0) is 14.3 Å². The monoisotopic (exact) mass is 257 g/mol. The Bertz CT molecular complexity index is 301. The molecule has 0 rings (SSSR count). The topological polar surface area (TPSA) is 66.8 Å². The molecule has 0 saturated heterocycles. The summed E-state index contributed by atoms with van der Waals surface area (Å²) in [4.78, 5) is 22.2. The van der Waals surface area contributed by atoms with E-state index < -0.39 is 30.1 Å². The molecule has 0 fully saturated rings. The maximum atomic E-state index is 12.3. The standard InChI is InChI=1S/C9H14F3NO4/c1-8(2,7(15)16)13(4-5-17-3)6(14)9(10,11)12/h4-5H2,1-3H3,(H,15,16). The normalized spacial score (nSPS) is 12.4. The molecule has 1 N–H and O–H groups in total. The second-order valence-corrected chi connectivity index (χ2v) is 3.81. The number of aliphatic carboxylic acids is 1. The lowest BCUT2D eigenvalue weighted by molar-refractivity contribution is -0.194. The fourth-order valence-electron chi connectivity index (χ4n) is 1.09. The minimum Gasteiger partial charge on any atom is -0.480 e. The van der Waals surface area contributed by atoms with E-state index in [4.69, 9.17) is 5.11 Å². The van der Waals surface area contributed by atoms with E-state index in [1.54, 1.807) is 0 Å². The van der Waals surface area contributed by atoms with E-state index in [1.165, 1.54) is 7.11 Å². The molecule has 0 aromatic carbocycles. The van der Waals surface area contributed by atoms with Crippen LogP contribution in [0.1, 0.15) is 13.8 Å². The Morgan fingerprint density at radius 1 is 1.29 bits per heavy atom. The number of alkyl halides is 3. The molecule has 1 amide bonds. The van der Waals surface area contributed by atoms with Gasteiger partial charge < -0.3 is 14.7 Å². The largest absolute Gasteiger partial charge is 0.480 e. The minimum absolute atomic E-state index is 0.182. The number of methoxy groups -OCH3 is 1. The number of carbonyl (C=O) groups is 2. The average Bonchev–Trinajstić information content (AvgIpc) is 2.16. The molecule has 17 heavy (non-hydrogen) atoms. The van der Waals surface area contributed by atoms with Crippen LogP contribution in [0.15, 0.2) is 0 Å². The molecular formula is C9H14F3NO4. The summed E-state index contributed by atoms with van der Waals surface area (Å²) in [5, 5.41) is 8.82. The summed E-state index contributed by atoms with van der Waals surface area (Å²) in [6, 6.07) is 0. The highest BCUT2D eigenvalue weighted by Crippen LogP contribution is 2.24. The zero-order valence-electron chi connectivity index (χ0n) is 9.67. The van der Waals surface area contributed by atoms with Crippen LogP contribution in [0.2, 0.25) is 0 Å². The molecule has 0 aromatic rings. The SMILES string of the molecule is COCCN(C(=O)C(F)(F)F)C(C)(C)C(=O)O. The average molecular weight is 257 g/mol. The van der Waals surface area contributed by atoms with Crippen molar-refractivity contribution in [3.05, 3.63) is 0 Å². The molecule has 0 heterocycles. The third-order valence-corrected chi connectivity index (χ3v) is 2.20. The molecule has 100 valence electrons. The van der Waals surface area contributed by atoms with Crippen LogP contribution in [0.25, 0.3) is 0 Å². The Hall–Kier alpha value is -1.31. The molecule has 5 nitrogen and oxygen atoms in total. The predicted octanol–water partition coefficient (Wildman–Crippen LogP) is 0.887. The number of carboxylic acids is 1. The molecule has 0 bridgehead atoms. The molecular weight excluding hydrogens is 243 g/mol. The highest BCUT2D eigenvalue weighted by molar-refractivity contribution is 5.89. The summed E-state index contributed by atoms with van der Waals surface area (Å²) in [6.07, 6.45) is -5.11. The van der Waals surface area contributed by atoms with Gasteiger partial charge in [-0.2, -0.15) is 13.2 Å². The van der Waals surface area contributed by atoms with Crippen LogP contribution in [0.3, 0.4) is 0 Å². The third-order valence-electron chi connectivity index (χ3n) is 2.20. The summed E-state index contributed by atoms with van der Waals surface area (Å²) in [7, 11) is 1.24. The van der Waals surface area contributed by atoms with E-state index >= 15 is 0 Å². The van der Waals surface area contributed by atoms with Gasteiger partial charge in [0.15, 0.2) is 0 Å². The molecule has 0 aliphatic carbocycles. The van der Waals surface area contributed by atoms with Gasteiger partial charge in [-0.05, 0) is 13.8 Å². The van der Waals surface area contributed by atoms with Crippen molar-refractivity contribution in [1.29, 1.82) is 0 Å². The van der Waals surface area contributed by atoms with Gasteiger partial charge in [-0.3, -0.25) is 4.79 Å². The molecule has 0 saturated carbocycles. The highest BCUT2D eigenvalue weighted by Gasteiger charge is 2.49. The Balaban J connectivity index is 5.14. The number of carboxylic acid groups (broad SMARTS) is 1. The number of ether oxygens (including phenoxy) is 1. The van der Waals surface area contributed by atoms with Crippen molar-refractivity contribution < 1.29 is 32.6 Å². The molecule has 0 atom stereocenters. The van der Waals surface area contributed by atoms with Gasteiger partial charge in [-0.1, -0.05) is 0 Å². The molecule has 0 aliphatic heterocycles. The minimum atomic E-state index is -5.11. The van der Waals surface area contributed by atoms with E-state index in [2.05, 4.69) is 4.74 Å². The molecule has 8 heteroatoms. The maximum Gasteiger partial charge on any atom is 0.471 e. The van der Waals surface area contributed by atoms with Gasteiger partial charge >= 0.3 is 18.1 Å². The maximum absolute atomic E-state index is 12.3. The third kappa shape index (κ3) is 3.88. The van der Waals surface area contributed by atoms with Crippen LogP contribution >= 0.6 is 0 Å². The lowest BCUT2D eigenvalue weighted by Crippen LogP contribution is -2.57. The fraction of sp³-hybridized carbons (Fsp3) is 0.778. The number of amides is 1. The quantitative estimate of drug-likeness (QED) is 0.794. The number of hydrogen-bond acceptors (Lipinski definition) is 3. The first kappa shape index (κ1) is 15.7. The number of rotatable bonds is 5. The lowest BCUT2D eigenvalue weighted by Gasteiger charge is -2.35. The first-order valence-electron chi connectivity index (χ1n) is 4.66. The van der Waals surface area contributed by atoms with Gasteiger partial charge in [0, 0.05) is 13.7 Å². The Morgan fingerprint density at radius 2 is 1.76 bits per heavy atom. The lowest BCUT2D eigenvalue weighted by atomic mass is 10.0. The second kappa shape index (κ2) is 5.35. The Morgan fingerprint density at radius 3 is 2.06 bits per heavy atom. The van der Waals surface area contributed by atoms with Crippen molar-refractivity contribution in [2.75, 3.05) is 20.3 Å². The summed E-state index contributed by atoms with van der Waals surface area (Å²) in [6.45, 7) is 1.41. The summed E-state index contributed by atoms with van der Waals surface area (Å²) in [5.41, 5.74) is -1.95. The van der Waals surface area contributed by atoms with E-state index in [1.807, 2.05) is 0 Å². The van der Waals surface area contributed by atoms with E-state index in [-0.39, 0.29) is 11.5 Å². The Labute approximate surface area is 96.1 Å². The van der Waals surface area contributed by atoms with E-state index in [0.717, 1.165) is 13.8 Å². The van der Waals surface area contributed by atoms with Gasteiger partial charge in [0.2, 0.25) is 0 Å². The zero-order valence-corrected chi connectivity index (χ0v) is 9.67. The van der Waals surface area contributed by atoms with Crippen molar-refractivity contribution in [2.24, 2.45) is 0 Å². The van der Waals surface area contributed by atoms with Crippen LogP contribution in [-0.4, -0.2) is 53.9 Å². The van der Waals surface area contributed by atoms with Crippen molar-refractivity contribution >= 4 is 11.9 Å². The van der Waals surface area contributed by atoms with Gasteiger partial charge in [-0.25, -0.2) is 4.79 Å². The van der Waals surface area contributed by atoms with Crippen LogP contribution < -0.4 is 0 Å². The van der Waals surface area contributed by atoms with Crippen LogP contribution in [0.5, 0.6) is 0 Å². The van der Waals surface area contributed by atoms with Gasteiger partial charge in [0.1, 0.15) is 5.54 Å². The van der Waals surface area contributed by atoms with E-state index in [0.29, 0.717) is 0 Å². The van der Waals surface area contributed by atoms with Crippen molar-refractivity contribution in [1.82, 2.24) is 4.90 Å². The number of carbonyl (C=O) groups excluding carboxylic acids is 1. The zero-order chi connectivity index (χ0) is 13.9. The second-order valence-electron chi connectivity index (χ2n) is 3.81. The first-order chi connectivity index (χ1) is 7.55. The number of nitrogens with zero attached hydrogens (tertiary/aromatic N) is 1. The van der Waals surface area contributed by atoms with Gasteiger partial charge in [0.25, 0.3) is 0 Å². The molecule has 0 radical (unpaired) electrons. The van der Waals surface area contributed by atoms with Gasteiger partial charge in [0.05, 0.1) is 6.61 Å². The predicted molar refractivity (Wildman–Crippen MR) is 51.4 cm³/mol. The summed E-state index contributed by atoms with van der Waals surface area (Å²) in [5.74, 6) is -3.71. The van der Waals surface area contributed by atoms with Crippen molar-refractivity contribution in [2.45, 2.75) is 25.6 Å². The summed E-state index contributed by atoms with van der Waals surface area (Å²) >= 11 is 0.